The monoisotopic (exact) mass is 382 g/mol. The van der Waals surface area contributed by atoms with Crippen LogP contribution in [0.2, 0.25) is 0 Å². The van der Waals surface area contributed by atoms with Gasteiger partial charge in [0.15, 0.2) is 5.78 Å². The van der Waals surface area contributed by atoms with Crippen LogP contribution in [-0.4, -0.2) is 16.9 Å². The number of carboxylic acid groups (broad SMARTS) is 1. The van der Waals surface area contributed by atoms with E-state index in [1.54, 1.807) is 6.07 Å². The van der Waals surface area contributed by atoms with Gasteiger partial charge in [-0.15, -0.1) is 0 Å². The molecule has 4 rings (SSSR count). The predicted octanol–water partition coefficient (Wildman–Crippen LogP) is 4.97. The molecule has 5 heteroatoms. The number of carbonyl (C=O) groups excluding carboxylic acids is 1. The summed E-state index contributed by atoms with van der Waals surface area (Å²) in [6.45, 7) is 0.330. The van der Waals surface area contributed by atoms with Crippen LogP contribution in [0.25, 0.3) is 0 Å². The summed E-state index contributed by atoms with van der Waals surface area (Å²) < 4.78 is 20.7. The number of hydrogen-bond acceptors (Lipinski definition) is 3. The van der Waals surface area contributed by atoms with Crippen LogP contribution in [-0.2, 0) is 11.4 Å². The van der Waals surface area contributed by atoms with E-state index in [-0.39, 0.29) is 17.3 Å². The molecule has 2 aliphatic carbocycles. The van der Waals surface area contributed by atoms with Crippen molar-refractivity contribution >= 4 is 11.8 Å². The van der Waals surface area contributed by atoms with E-state index in [2.05, 4.69) is 0 Å². The largest absolute Gasteiger partial charge is 0.489 e. The number of aliphatic carboxylic acids is 1. The fraction of sp³-hybridized carbons (Fsp3) is 0.391. The Morgan fingerprint density at radius 2 is 1.75 bits per heavy atom. The molecule has 2 unspecified atom stereocenters. The maximum atomic E-state index is 14.8. The first-order valence-electron chi connectivity index (χ1n) is 9.81. The number of ketones is 1. The van der Waals surface area contributed by atoms with Gasteiger partial charge < -0.3 is 9.84 Å². The van der Waals surface area contributed by atoms with E-state index in [1.807, 2.05) is 30.3 Å². The third-order valence-corrected chi connectivity index (χ3v) is 5.79. The minimum absolute atomic E-state index is 0.00658. The Labute approximate surface area is 163 Å². The molecule has 0 radical (unpaired) electrons. The molecule has 2 aliphatic rings. The van der Waals surface area contributed by atoms with Gasteiger partial charge in [0.2, 0.25) is 0 Å². The molecule has 1 N–H and O–H groups in total. The van der Waals surface area contributed by atoms with Gasteiger partial charge in [-0.2, -0.15) is 0 Å². The van der Waals surface area contributed by atoms with Crippen LogP contribution in [0.15, 0.2) is 42.5 Å². The molecule has 0 saturated heterocycles. The third kappa shape index (κ3) is 3.79. The first kappa shape index (κ1) is 18.7. The summed E-state index contributed by atoms with van der Waals surface area (Å²) in [6.07, 6.45) is 3.63. The number of carboxylic acids is 1. The Bertz CT molecular complexity index is 889. The van der Waals surface area contributed by atoms with Crippen molar-refractivity contribution in [3.63, 3.8) is 0 Å². The number of ether oxygens (including phenoxy) is 1. The fourth-order valence-corrected chi connectivity index (χ4v) is 4.10. The van der Waals surface area contributed by atoms with Gasteiger partial charge in [0.25, 0.3) is 0 Å². The van der Waals surface area contributed by atoms with Gasteiger partial charge in [-0.3, -0.25) is 9.59 Å². The molecule has 28 heavy (non-hydrogen) atoms. The van der Waals surface area contributed by atoms with Gasteiger partial charge >= 0.3 is 5.97 Å². The van der Waals surface area contributed by atoms with E-state index in [0.717, 1.165) is 24.0 Å². The van der Waals surface area contributed by atoms with Crippen LogP contribution in [0, 0.1) is 17.7 Å². The smallest absolute Gasteiger partial charge is 0.307 e. The molecule has 0 bridgehead atoms. The van der Waals surface area contributed by atoms with Crippen molar-refractivity contribution in [1.29, 1.82) is 0 Å². The summed E-state index contributed by atoms with van der Waals surface area (Å²) in [5, 5.41) is 9.36. The number of halogens is 1. The first-order valence-corrected chi connectivity index (χ1v) is 9.81. The van der Waals surface area contributed by atoms with E-state index in [0.29, 0.717) is 31.6 Å². The lowest BCUT2D eigenvalue weighted by Gasteiger charge is -2.17. The topological polar surface area (TPSA) is 63.6 Å². The molecule has 0 aromatic heterocycles. The molecular formula is C23H23FO4. The van der Waals surface area contributed by atoms with Crippen molar-refractivity contribution in [3.05, 3.63) is 65.0 Å². The maximum absolute atomic E-state index is 14.8. The van der Waals surface area contributed by atoms with Gasteiger partial charge in [-0.1, -0.05) is 36.8 Å². The Balaban J connectivity index is 1.60. The number of hydrogen-bond donors (Lipinski definition) is 1. The highest BCUT2D eigenvalue weighted by Crippen LogP contribution is 2.46. The normalized spacial score (nSPS) is 21.5. The number of benzene rings is 2. The highest BCUT2D eigenvalue weighted by molar-refractivity contribution is 6.00. The molecule has 2 aromatic rings. The summed E-state index contributed by atoms with van der Waals surface area (Å²) >= 11 is 0. The SMILES string of the molecule is O=C(O)C1CCCC1C(=O)c1cc(C2CC2)c(OCc2ccccc2)cc1F. The molecule has 2 saturated carbocycles. The predicted molar refractivity (Wildman–Crippen MR) is 102 cm³/mol. The highest BCUT2D eigenvalue weighted by atomic mass is 19.1. The zero-order valence-corrected chi connectivity index (χ0v) is 15.6. The van der Waals surface area contributed by atoms with Crippen LogP contribution in [0.3, 0.4) is 0 Å². The molecule has 4 nitrogen and oxygen atoms in total. The van der Waals surface area contributed by atoms with Crippen LogP contribution in [0.1, 0.15) is 59.5 Å². The first-order chi connectivity index (χ1) is 13.5. The van der Waals surface area contributed by atoms with Gasteiger partial charge in [0, 0.05) is 12.0 Å². The molecule has 2 aromatic carbocycles. The van der Waals surface area contributed by atoms with Gasteiger partial charge in [0.1, 0.15) is 18.2 Å². The second-order valence-electron chi connectivity index (χ2n) is 7.76. The highest BCUT2D eigenvalue weighted by Gasteiger charge is 2.39. The van der Waals surface area contributed by atoms with Crippen LogP contribution < -0.4 is 4.74 Å². The summed E-state index contributed by atoms with van der Waals surface area (Å²) in [7, 11) is 0. The van der Waals surface area contributed by atoms with E-state index >= 15 is 0 Å². The number of carbonyl (C=O) groups is 2. The fourth-order valence-electron chi connectivity index (χ4n) is 4.10. The zero-order valence-electron chi connectivity index (χ0n) is 15.6. The van der Waals surface area contributed by atoms with Crippen molar-refractivity contribution in [2.75, 3.05) is 0 Å². The Morgan fingerprint density at radius 1 is 1.04 bits per heavy atom. The molecule has 2 fully saturated rings. The Kier molecular flexibility index (Phi) is 5.16. The molecule has 2 atom stereocenters. The lowest BCUT2D eigenvalue weighted by molar-refractivity contribution is -0.142. The number of rotatable bonds is 7. The summed E-state index contributed by atoms with van der Waals surface area (Å²) in [6, 6.07) is 12.6. The van der Waals surface area contributed by atoms with E-state index < -0.39 is 23.6 Å². The molecule has 0 heterocycles. The maximum Gasteiger partial charge on any atom is 0.307 e. The van der Waals surface area contributed by atoms with Gasteiger partial charge in [-0.05, 0) is 48.8 Å². The van der Waals surface area contributed by atoms with Crippen molar-refractivity contribution in [1.82, 2.24) is 0 Å². The average Bonchev–Trinajstić information content (AvgIpc) is 3.41. The van der Waals surface area contributed by atoms with Crippen LogP contribution in [0.4, 0.5) is 4.39 Å². The summed E-state index contributed by atoms with van der Waals surface area (Å²) in [4.78, 5) is 24.4. The molecule has 0 spiro atoms. The minimum atomic E-state index is -0.971. The Morgan fingerprint density at radius 3 is 2.43 bits per heavy atom. The standard InChI is InChI=1S/C23H23FO4/c24-20-12-21(28-13-14-5-2-1-3-6-14)18(15-9-10-15)11-19(20)22(25)16-7-4-8-17(16)23(26)27/h1-3,5-6,11-12,15-17H,4,7-10,13H2,(H,26,27). The second-order valence-corrected chi connectivity index (χ2v) is 7.76. The quantitative estimate of drug-likeness (QED) is 0.687. The van der Waals surface area contributed by atoms with Gasteiger partial charge in [-0.25, -0.2) is 4.39 Å². The van der Waals surface area contributed by atoms with Crippen molar-refractivity contribution < 1.29 is 23.8 Å². The third-order valence-electron chi connectivity index (χ3n) is 5.79. The minimum Gasteiger partial charge on any atom is -0.489 e. The van der Waals surface area contributed by atoms with Crippen molar-refractivity contribution in [2.24, 2.45) is 11.8 Å². The lowest BCUT2D eigenvalue weighted by atomic mass is 9.87. The molecule has 0 aliphatic heterocycles. The Hall–Kier alpha value is -2.69. The lowest BCUT2D eigenvalue weighted by Crippen LogP contribution is -2.26. The van der Waals surface area contributed by atoms with Crippen LogP contribution in [0.5, 0.6) is 5.75 Å². The zero-order chi connectivity index (χ0) is 19.7. The van der Waals surface area contributed by atoms with Crippen molar-refractivity contribution in [2.45, 2.75) is 44.6 Å². The summed E-state index contributed by atoms with van der Waals surface area (Å²) in [5.41, 5.74) is 1.85. The average molecular weight is 382 g/mol. The number of Topliss-reactive ketones (excluding diaryl/α,β-unsaturated/α-hetero) is 1. The molecular weight excluding hydrogens is 359 g/mol. The van der Waals surface area contributed by atoms with E-state index in [1.165, 1.54) is 6.07 Å². The molecule has 0 amide bonds. The molecule has 146 valence electrons. The van der Waals surface area contributed by atoms with E-state index in [4.69, 9.17) is 4.74 Å². The van der Waals surface area contributed by atoms with Gasteiger partial charge in [0.05, 0.1) is 11.5 Å². The van der Waals surface area contributed by atoms with Crippen molar-refractivity contribution in [3.8, 4) is 5.75 Å². The van der Waals surface area contributed by atoms with Crippen LogP contribution >= 0.6 is 0 Å². The second kappa shape index (κ2) is 7.74. The summed E-state index contributed by atoms with van der Waals surface area (Å²) in [5.74, 6) is -2.60. The van der Waals surface area contributed by atoms with E-state index in [9.17, 15) is 19.1 Å².